The van der Waals surface area contributed by atoms with Crippen LogP contribution in [0.3, 0.4) is 0 Å². The number of hydrogen-bond acceptors (Lipinski definition) is 4. The molecule has 1 aliphatic rings. The number of pyridine rings is 1. The third kappa shape index (κ3) is 3.09. The van der Waals surface area contributed by atoms with E-state index in [0.717, 1.165) is 22.8 Å². The number of likely N-dealkylation sites (N-methyl/N-ethyl adjacent to an activating group) is 1. The van der Waals surface area contributed by atoms with Gasteiger partial charge in [-0.1, -0.05) is 18.2 Å². The molecule has 132 valence electrons. The summed E-state index contributed by atoms with van der Waals surface area (Å²) in [6, 6.07) is 7.78. The van der Waals surface area contributed by atoms with Crippen molar-refractivity contribution in [2.75, 3.05) is 27.3 Å². The molecule has 6 nitrogen and oxygen atoms in total. The highest BCUT2D eigenvalue weighted by molar-refractivity contribution is 5.94. The minimum absolute atomic E-state index is 0.0533. The summed E-state index contributed by atoms with van der Waals surface area (Å²) < 4.78 is 5.29. The summed E-state index contributed by atoms with van der Waals surface area (Å²) in [7, 11) is 3.15. The van der Waals surface area contributed by atoms with Gasteiger partial charge >= 0.3 is 0 Å². The predicted octanol–water partition coefficient (Wildman–Crippen LogP) is 1.53. The van der Waals surface area contributed by atoms with E-state index in [1.807, 2.05) is 24.3 Å². The minimum atomic E-state index is -0.910. The van der Waals surface area contributed by atoms with Crippen molar-refractivity contribution in [3.63, 3.8) is 0 Å². The highest BCUT2D eigenvalue weighted by atomic mass is 16.5. The molecule has 1 atom stereocenters. The Balaban J connectivity index is 1.90. The lowest BCUT2D eigenvalue weighted by molar-refractivity contribution is -0.147. The summed E-state index contributed by atoms with van der Waals surface area (Å²) >= 11 is 0. The fourth-order valence-electron chi connectivity index (χ4n) is 3.77. The van der Waals surface area contributed by atoms with Crippen LogP contribution in [0.1, 0.15) is 18.4 Å². The Morgan fingerprint density at radius 3 is 2.96 bits per heavy atom. The first-order valence-corrected chi connectivity index (χ1v) is 8.45. The van der Waals surface area contributed by atoms with Gasteiger partial charge in [-0.3, -0.25) is 14.6 Å². The van der Waals surface area contributed by atoms with Crippen LogP contribution in [0.2, 0.25) is 0 Å². The van der Waals surface area contributed by atoms with Crippen molar-refractivity contribution in [1.82, 2.24) is 15.2 Å². The number of rotatable bonds is 5. The zero-order valence-corrected chi connectivity index (χ0v) is 14.6. The van der Waals surface area contributed by atoms with Crippen LogP contribution in [0.4, 0.5) is 0 Å². The Morgan fingerprint density at radius 2 is 2.20 bits per heavy atom. The molecule has 25 heavy (non-hydrogen) atoms. The van der Waals surface area contributed by atoms with Crippen molar-refractivity contribution in [3.05, 3.63) is 42.2 Å². The van der Waals surface area contributed by atoms with E-state index in [4.69, 9.17) is 4.74 Å². The van der Waals surface area contributed by atoms with Crippen molar-refractivity contribution in [2.45, 2.75) is 24.8 Å². The summed E-state index contributed by atoms with van der Waals surface area (Å²) in [6.45, 7) is 0.778. The fourth-order valence-corrected chi connectivity index (χ4v) is 3.77. The SMILES string of the molecule is CNC(=O)C1(COC)CCCN1C(=O)Cc1cccc2cnccc12. The molecule has 1 fully saturated rings. The largest absolute Gasteiger partial charge is 0.382 e. The van der Waals surface area contributed by atoms with Crippen LogP contribution in [-0.2, 0) is 20.7 Å². The lowest BCUT2D eigenvalue weighted by Crippen LogP contribution is -2.59. The quantitative estimate of drug-likeness (QED) is 0.895. The number of fused-ring (bicyclic) bond motifs is 1. The molecule has 1 aromatic carbocycles. The molecule has 0 aliphatic carbocycles. The monoisotopic (exact) mass is 341 g/mol. The van der Waals surface area contributed by atoms with E-state index in [1.165, 1.54) is 0 Å². The molecule has 6 heteroatoms. The van der Waals surface area contributed by atoms with Crippen LogP contribution < -0.4 is 5.32 Å². The first-order valence-electron chi connectivity index (χ1n) is 8.45. The Kier molecular flexibility index (Phi) is 4.99. The van der Waals surface area contributed by atoms with E-state index in [2.05, 4.69) is 10.3 Å². The molecular formula is C19H23N3O3. The smallest absolute Gasteiger partial charge is 0.248 e. The highest BCUT2D eigenvalue weighted by Gasteiger charge is 2.49. The molecule has 2 amide bonds. The molecule has 0 saturated carbocycles. The topological polar surface area (TPSA) is 71.5 Å². The molecule has 1 aliphatic heterocycles. The van der Waals surface area contributed by atoms with Crippen molar-refractivity contribution in [2.24, 2.45) is 0 Å². The molecule has 1 saturated heterocycles. The number of methoxy groups -OCH3 is 1. The Labute approximate surface area is 147 Å². The van der Waals surface area contributed by atoms with Crippen molar-refractivity contribution >= 4 is 22.6 Å². The molecule has 0 spiro atoms. The number of benzene rings is 1. The van der Waals surface area contributed by atoms with Crippen LogP contribution in [-0.4, -0.2) is 54.5 Å². The summed E-state index contributed by atoms with van der Waals surface area (Å²) in [6.07, 6.45) is 5.18. The van der Waals surface area contributed by atoms with Crippen LogP contribution in [0, 0.1) is 0 Å². The van der Waals surface area contributed by atoms with E-state index in [9.17, 15) is 9.59 Å². The maximum Gasteiger partial charge on any atom is 0.248 e. The number of ether oxygens (including phenoxy) is 1. The van der Waals surface area contributed by atoms with Gasteiger partial charge in [-0.2, -0.15) is 0 Å². The summed E-state index contributed by atoms with van der Waals surface area (Å²) in [5.74, 6) is -0.218. The maximum atomic E-state index is 13.0. The van der Waals surface area contributed by atoms with Gasteiger partial charge in [0.2, 0.25) is 11.8 Å². The maximum absolute atomic E-state index is 13.0. The van der Waals surface area contributed by atoms with Gasteiger partial charge in [0.05, 0.1) is 13.0 Å². The second-order valence-corrected chi connectivity index (χ2v) is 6.38. The van der Waals surface area contributed by atoms with Crippen LogP contribution in [0.5, 0.6) is 0 Å². The molecule has 1 N–H and O–H groups in total. The van der Waals surface area contributed by atoms with Gasteiger partial charge in [0.25, 0.3) is 0 Å². The molecule has 1 aromatic heterocycles. The molecule has 2 aromatic rings. The highest BCUT2D eigenvalue weighted by Crippen LogP contribution is 2.31. The number of hydrogen-bond donors (Lipinski definition) is 1. The summed E-state index contributed by atoms with van der Waals surface area (Å²) in [5, 5.41) is 4.71. The number of nitrogens with zero attached hydrogens (tertiary/aromatic N) is 2. The normalized spacial score (nSPS) is 20.0. The van der Waals surface area contributed by atoms with Gasteiger partial charge in [0.15, 0.2) is 0 Å². The van der Waals surface area contributed by atoms with E-state index in [-0.39, 0.29) is 24.8 Å². The Hall–Kier alpha value is -2.47. The van der Waals surface area contributed by atoms with Gasteiger partial charge in [0.1, 0.15) is 5.54 Å². The molecular weight excluding hydrogens is 318 g/mol. The molecule has 1 unspecified atom stereocenters. The van der Waals surface area contributed by atoms with E-state index >= 15 is 0 Å². The average Bonchev–Trinajstić information content (AvgIpc) is 3.06. The Morgan fingerprint density at radius 1 is 1.36 bits per heavy atom. The number of carbonyl (C=O) groups is 2. The lowest BCUT2D eigenvalue weighted by atomic mass is 9.94. The first kappa shape index (κ1) is 17.4. The first-order chi connectivity index (χ1) is 12.1. The standard InChI is InChI=1S/C19H23N3O3/c1-20-18(24)19(13-25-2)8-4-10-22(19)17(23)11-14-5-3-6-15-12-21-9-7-16(14)15/h3,5-7,9,12H,4,8,10-11,13H2,1-2H3,(H,20,24). The van der Waals surface area contributed by atoms with Crippen molar-refractivity contribution in [3.8, 4) is 0 Å². The third-order valence-electron chi connectivity index (χ3n) is 4.94. The Bertz CT molecular complexity index is 787. The zero-order chi connectivity index (χ0) is 17.9. The summed E-state index contributed by atoms with van der Waals surface area (Å²) in [5.41, 5.74) is 0.0345. The zero-order valence-electron chi connectivity index (χ0n) is 14.6. The predicted molar refractivity (Wildman–Crippen MR) is 95.1 cm³/mol. The van der Waals surface area contributed by atoms with Gasteiger partial charge in [-0.15, -0.1) is 0 Å². The minimum Gasteiger partial charge on any atom is -0.382 e. The van der Waals surface area contributed by atoms with Gasteiger partial charge in [0, 0.05) is 38.5 Å². The fraction of sp³-hybridized carbons (Fsp3) is 0.421. The molecule has 0 bridgehead atoms. The van der Waals surface area contributed by atoms with Gasteiger partial charge < -0.3 is 15.0 Å². The van der Waals surface area contributed by atoms with Crippen LogP contribution in [0.15, 0.2) is 36.7 Å². The third-order valence-corrected chi connectivity index (χ3v) is 4.94. The second kappa shape index (κ2) is 7.19. The summed E-state index contributed by atoms with van der Waals surface area (Å²) in [4.78, 5) is 31.4. The lowest BCUT2D eigenvalue weighted by Gasteiger charge is -2.36. The van der Waals surface area contributed by atoms with Crippen LogP contribution in [0.25, 0.3) is 10.8 Å². The number of likely N-dealkylation sites (tertiary alicyclic amines) is 1. The number of carbonyl (C=O) groups excluding carboxylic acids is 2. The molecule has 3 rings (SSSR count). The van der Waals surface area contributed by atoms with Gasteiger partial charge in [-0.25, -0.2) is 0 Å². The molecule has 0 radical (unpaired) electrons. The second-order valence-electron chi connectivity index (χ2n) is 6.38. The van der Waals surface area contributed by atoms with Crippen LogP contribution >= 0.6 is 0 Å². The number of nitrogens with one attached hydrogen (secondary N) is 1. The number of aromatic nitrogens is 1. The van der Waals surface area contributed by atoms with E-state index < -0.39 is 5.54 Å². The van der Waals surface area contributed by atoms with Crippen molar-refractivity contribution in [1.29, 1.82) is 0 Å². The average molecular weight is 341 g/mol. The van der Waals surface area contributed by atoms with E-state index in [1.54, 1.807) is 31.5 Å². The van der Waals surface area contributed by atoms with Gasteiger partial charge in [-0.05, 0) is 29.9 Å². The number of amides is 2. The molecule has 2 heterocycles. The van der Waals surface area contributed by atoms with E-state index in [0.29, 0.717) is 13.0 Å². The van der Waals surface area contributed by atoms with Crippen molar-refractivity contribution < 1.29 is 14.3 Å².